The first-order valence-electron chi connectivity index (χ1n) is 7.12. The van der Waals surface area contributed by atoms with Crippen LogP contribution in [0.1, 0.15) is 10.4 Å². The second-order valence-electron chi connectivity index (χ2n) is 4.79. The van der Waals surface area contributed by atoms with E-state index in [9.17, 15) is 9.59 Å². The highest BCUT2D eigenvalue weighted by Gasteiger charge is 2.06. The molecule has 0 atom stereocenters. The number of anilines is 2. The van der Waals surface area contributed by atoms with Gasteiger partial charge in [0.15, 0.2) is 0 Å². The van der Waals surface area contributed by atoms with E-state index in [0.717, 1.165) is 5.69 Å². The van der Waals surface area contributed by atoms with Gasteiger partial charge in [-0.05, 0) is 30.3 Å². The topological polar surface area (TPSA) is 79.5 Å². The van der Waals surface area contributed by atoms with Gasteiger partial charge in [-0.2, -0.15) is 0 Å². The van der Waals surface area contributed by atoms with Crippen LogP contribution in [-0.2, 0) is 4.79 Å². The lowest BCUT2D eigenvalue weighted by Crippen LogP contribution is -2.22. The molecule has 0 aliphatic rings. The second kappa shape index (κ2) is 7.84. The number of methoxy groups -OCH3 is 1. The maximum atomic E-state index is 12.0. The molecule has 2 aromatic carbocycles. The van der Waals surface area contributed by atoms with Crippen LogP contribution in [0, 0.1) is 0 Å². The van der Waals surface area contributed by atoms with E-state index >= 15 is 0 Å². The number of hydrogen-bond donors (Lipinski definition) is 3. The first-order valence-corrected chi connectivity index (χ1v) is 7.12. The van der Waals surface area contributed by atoms with Gasteiger partial charge in [0.05, 0.1) is 13.7 Å². The van der Waals surface area contributed by atoms with Gasteiger partial charge in [0, 0.05) is 30.1 Å². The molecule has 0 unspecified atom stereocenters. The van der Waals surface area contributed by atoms with Gasteiger partial charge in [-0.25, -0.2) is 0 Å². The number of nitrogens with one attached hydrogen (secondary N) is 3. The van der Waals surface area contributed by atoms with Crippen molar-refractivity contribution < 1.29 is 14.3 Å². The van der Waals surface area contributed by atoms with Gasteiger partial charge in [0.2, 0.25) is 5.91 Å². The van der Waals surface area contributed by atoms with E-state index in [1.807, 2.05) is 18.2 Å². The first-order chi connectivity index (χ1) is 11.1. The summed E-state index contributed by atoms with van der Waals surface area (Å²) in [6.45, 7) is 0.109. The predicted octanol–water partition coefficient (Wildman–Crippen LogP) is 2.11. The molecule has 2 aromatic rings. The van der Waals surface area contributed by atoms with Crippen LogP contribution in [0.2, 0.25) is 0 Å². The number of carbonyl (C=O) groups excluding carboxylic acids is 2. The molecule has 0 saturated heterocycles. The average Bonchev–Trinajstić information content (AvgIpc) is 2.59. The van der Waals surface area contributed by atoms with E-state index in [4.69, 9.17) is 4.74 Å². The summed E-state index contributed by atoms with van der Waals surface area (Å²) in [6, 6.07) is 14.1. The SMILES string of the molecule is CNC(=O)c1cccc(NC(=O)CNc2cccc(OC)c2)c1. The van der Waals surface area contributed by atoms with Crippen LogP contribution in [-0.4, -0.2) is 32.5 Å². The van der Waals surface area contributed by atoms with Crippen LogP contribution < -0.4 is 20.7 Å². The predicted molar refractivity (Wildman–Crippen MR) is 89.9 cm³/mol. The summed E-state index contributed by atoms with van der Waals surface area (Å²) in [4.78, 5) is 23.6. The van der Waals surface area contributed by atoms with E-state index in [1.165, 1.54) is 0 Å². The Morgan fingerprint density at radius 2 is 1.78 bits per heavy atom. The van der Waals surface area contributed by atoms with Crippen molar-refractivity contribution in [1.82, 2.24) is 5.32 Å². The highest BCUT2D eigenvalue weighted by Crippen LogP contribution is 2.16. The van der Waals surface area contributed by atoms with Gasteiger partial charge in [0.25, 0.3) is 5.91 Å². The van der Waals surface area contributed by atoms with E-state index in [-0.39, 0.29) is 18.4 Å². The number of carbonyl (C=O) groups is 2. The molecule has 6 nitrogen and oxygen atoms in total. The normalized spacial score (nSPS) is 9.83. The molecular weight excluding hydrogens is 294 g/mol. The minimum absolute atomic E-state index is 0.109. The van der Waals surface area contributed by atoms with Crippen molar-refractivity contribution >= 4 is 23.2 Å². The van der Waals surface area contributed by atoms with Crippen molar-refractivity contribution in [3.8, 4) is 5.75 Å². The van der Waals surface area contributed by atoms with Crippen LogP contribution in [0.4, 0.5) is 11.4 Å². The van der Waals surface area contributed by atoms with Crippen molar-refractivity contribution in [3.63, 3.8) is 0 Å². The van der Waals surface area contributed by atoms with Crippen LogP contribution >= 0.6 is 0 Å². The largest absolute Gasteiger partial charge is 0.497 e. The Hall–Kier alpha value is -3.02. The molecule has 2 rings (SSSR count). The fourth-order valence-electron chi connectivity index (χ4n) is 2.00. The average molecular weight is 313 g/mol. The van der Waals surface area contributed by atoms with E-state index in [1.54, 1.807) is 44.5 Å². The molecular formula is C17H19N3O3. The molecule has 3 N–H and O–H groups in total. The molecule has 0 fully saturated rings. The number of hydrogen-bond acceptors (Lipinski definition) is 4. The highest BCUT2D eigenvalue weighted by atomic mass is 16.5. The molecule has 6 heteroatoms. The summed E-state index contributed by atoms with van der Waals surface area (Å²) >= 11 is 0. The van der Waals surface area contributed by atoms with Gasteiger partial charge >= 0.3 is 0 Å². The summed E-state index contributed by atoms with van der Waals surface area (Å²) in [6.07, 6.45) is 0. The third-order valence-corrected chi connectivity index (χ3v) is 3.16. The molecule has 0 aliphatic heterocycles. The standard InChI is InChI=1S/C17H19N3O3/c1-18-17(22)12-5-3-7-14(9-12)20-16(21)11-19-13-6-4-8-15(10-13)23-2/h3-10,19H,11H2,1-2H3,(H,18,22)(H,20,21). The zero-order chi connectivity index (χ0) is 16.7. The van der Waals surface area contributed by atoms with E-state index in [0.29, 0.717) is 17.0 Å². The van der Waals surface area contributed by atoms with Gasteiger partial charge in [-0.3, -0.25) is 9.59 Å². The minimum atomic E-state index is -0.207. The fourth-order valence-corrected chi connectivity index (χ4v) is 2.00. The Morgan fingerprint density at radius 1 is 1.04 bits per heavy atom. The van der Waals surface area contributed by atoms with Crippen molar-refractivity contribution in [2.24, 2.45) is 0 Å². The van der Waals surface area contributed by atoms with E-state index in [2.05, 4.69) is 16.0 Å². The van der Waals surface area contributed by atoms with Crippen LogP contribution in [0.3, 0.4) is 0 Å². The number of rotatable bonds is 6. The second-order valence-corrected chi connectivity index (χ2v) is 4.79. The van der Waals surface area contributed by atoms with E-state index < -0.39 is 0 Å². The first kappa shape index (κ1) is 16.4. The quantitative estimate of drug-likeness (QED) is 0.763. The zero-order valence-corrected chi connectivity index (χ0v) is 13.1. The number of amides is 2. The van der Waals surface area contributed by atoms with Gasteiger partial charge < -0.3 is 20.7 Å². The lowest BCUT2D eigenvalue weighted by atomic mass is 10.2. The smallest absolute Gasteiger partial charge is 0.251 e. The molecule has 120 valence electrons. The Labute approximate surface area is 134 Å². The summed E-state index contributed by atoms with van der Waals surface area (Å²) in [5, 5.41) is 8.31. The Kier molecular flexibility index (Phi) is 5.57. The van der Waals surface area contributed by atoms with Crippen molar-refractivity contribution in [3.05, 3.63) is 54.1 Å². The number of benzene rings is 2. The molecule has 0 aliphatic carbocycles. The summed E-state index contributed by atoms with van der Waals surface area (Å²) in [7, 11) is 3.15. The third kappa shape index (κ3) is 4.74. The van der Waals surface area contributed by atoms with Crippen LogP contribution in [0.5, 0.6) is 5.75 Å². The van der Waals surface area contributed by atoms with Crippen molar-refractivity contribution in [1.29, 1.82) is 0 Å². The van der Waals surface area contributed by atoms with Gasteiger partial charge in [-0.1, -0.05) is 12.1 Å². The molecule has 0 saturated carbocycles. The summed E-state index contributed by atoms with van der Waals surface area (Å²) in [5.74, 6) is 0.311. The third-order valence-electron chi connectivity index (χ3n) is 3.16. The molecule has 0 radical (unpaired) electrons. The lowest BCUT2D eigenvalue weighted by Gasteiger charge is -2.09. The molecule has 2 amide bonds. The summed E-state index contributed by atoms with van der Waals surface area (Å²) < 4.78 is 5.13. The number of ether oxygens (including phenoxy) is 1. The Morgan fingerprint density at radius 3 is 2.52 bits per heavy atom. The van der Waals surface area contributed by atoms with Crippen LogP contribution in [0.25, 0.3) is 0 Å². The lowest BCUT2D eigenvalue weighted by molar-refractivity contribution is -0.114. The minimum Gasteiger partial charge on any atom is -0.497 e. The van der Waals surface area contributed by atoms with Gasteiger partial charge in [-0.15, -0.1) is 0 Å². The molecule has 0 heterocycles. The van der Waals surface area contributed by atoms with Crippen molar-refractivity contribution in [2.45, 2.75) is 0 Å². The molecule has 0 spiro atoms. The highest BCUT2D eigenvalue weighted by molar-refractivity contribution is 5.98. The maximum absolute atomic E-state index is 12.0. The molecule has 0 aromatic heterocycles. The zero-order valence-electron chi connectivity index (χ0n) is 13.1. The molecule has 23 heavy (non-hydrogen) atoms. The summed E-state index contributed by atoms with van der Waals surface area (Å²) in [5.41, 5.74) is 1.85. The van der Waals surface area contributed by atoms with Gasteiger partial charge in [0.1, 0.15) is 5.75 Å². The Balaban J connectivity index is 1.93. The fraction of sp³-hybridized carbons (Fsp3) is 0.176. The monoisotopic (exact) mass is 313 g/mol. The Bertz CT molecular complexity index is 701. The maximum Gasteiger partial charge on any atom is 0.251 e. The van der Waals surface area contributed by atoms with Crippen LogP contribution in [0.15, 0.2) is 48.5 Å². The molecule has 0 bridgehead atoms. The van der Waals surface area contributed by atoms with Crippen molar-refractivity contribution in [2.75, 3.05) is 31.3 Å².